The van der Waals surface area contributed by atoms with Crippen molar-refractivity contribution in [2.45, 2.75) is 44.6 Å². The number of rotatable bonds is 7. The Morgan fingerprint density at radius 1 is 1.22 bits per heavy atom. The Balaban J connectivity index is 2.15. The zero-order valence-corrected chi connectivity index (χ0v) is 17.3. The lowest BCUT2D eigenvalue weighted by atomic mass is 10.2. The van der Waals surface area contributed by atoms with Crippen LogP contribution in [0.5, 0.6) is 0 Å². The second kappa shape index (κ2) is 9.03. The minimum Gasteiger partial charge on any atom is -0.449 e. The van der Waals surface area contributed by atoms with Gasteiger partial charge in [0.25, 0.3) is 5.91 Å². The summed E-state index contributed by atoms with van der Waals surface area (Å²) in [5.74, 6) is -1.00. The molecule has 1 aliphatic heterocycles. The van der Waals surface area contributed by atoms with E-state index in [0.29, 0.717) is 19.6 Å². The van der Waals surface area contributed by atoms with Gasteiger partial charge in [0.05, 0.1) is 15.5 Å². The first kappa shape index (κ1) is 21.7. The first-order valence-corrected chi connectivity index (χ1v) is 10.7. The van der Waals surface area contributed by atoms with Crippen LogP contribution < -0.4 is 5.32 Å². The summed E-state index contributed by atoms with van der Waals surface area (Å²) in [5.41, 5.74) is -0.0829. The first-order valence-electron chi connectivity index (χ1n) is 8.91. The van der Waals surface area contributed by atoms with E-state index in [9.17, 15) is 18.0 Å². The Labute approximate surface area is 165 Å². The number of carbonyl (C=O) groups excluding carboxylic acids is 2. The highest BCUT2D eigenvalue weighted by Crippen LogP contribution is 2.26. The molecule has 1 aromatic carbocycles. The van der Waals surface area contributed by atoms with Crippen LogP contribution in [0.3, 0.4) is 0 Å². The fourth-order valence-electron chi connectivity index (χ4n) is 2.62. The summed E-state index contributed by atoms with van der Waals surface area (Å²) in [4.78, 5) is 24.4. The molecular weight excluding hydrogens is 392 g/mol. The molecule has 7 nitrogen and oxygen atoms in total. The van der Waals surface area contributed by atoms with E-state index < -0.39 is 28.0 Å². The summed E-state index contributed by atoms with van der Waals surface area (Å²) in [6.07, 6.45) is 0.598. The Hall–Kier alpha value is -1.64. The van der Waals surface area contributed by atoms with Crippen LogP contribution in [0.2, 0.25) is 5.02 Å². The van der Waals surface area contributed by atoms with Crippen LogP contribution in [-0.2, 0) is 19.6 Å². The number of carbonyl (C=O) groups is 2. The Morgan fingerprint density at radius 2 is 1.85 bits per heavy atom. The van der Waals surface area contributed by atoms with Crippen LogP contribution in [0.15, 0.2) is 23.1 Å². The van der Waals surface area contributed by atoms with Gasteiger partial charge in [-0.25, -0.2) is 13.2 Å². The zero-order chi connectivity index (χ0) is 20.2. The summed E-state index contributed by atoms with van der Waals surface area (Å²) < 4.78 is 31.9. The average molecular weight is 417 g/mol. The number of esters is 1. The molecule has 1 fully saturated rings. The molecule has 1 atom stereocenters. The van der Waals surface area contributed by atoms with Crippen molar-refractivity contribution in [2.75, 3.05) is 19.6 Å². The standard InChI is InChI=1S/C18H25ClN2O5S/c1-12(2)11-20-17(22)13(3)26-18(23)15-10-14(6-7-16(15)19)27(24,25)21-8-4-5-9-21/h6-7,10,12-13H,4-5,8-9,11H2,1-3H3,(H,20,22)/t13-/m0/s1. The molecule has 27 heavy (non-hydrogen) atoms. The van der Waals surface area contributed by atoms with Crippen molar-refractivity contribution < 1.29 is 22.7 Å². The number of halogens is 1. The molecule has 1 heterocycles. The number of hydrogen-bond donors (Lipinski definition) is 1. The van der Waals surface area contributed by atoms with Gasteiger partial charge in [-0.15, -0.1) is 0 Å². The molecule has 0 bridgehead atoms. The molecule has 150 valence electrons. The number of hydrogen-bond acceptors (Lipinski definition) is 5. The number of nitrogens with zero attached hydrogens (tertiary/aromatic N) is 1. The highest BCUT2D eigenvalue weighted by Gasteiger charge is 2.29. The molecule has 0 spiro atoms. The minimum absolute atomic E-state index is 0.0161. The Morgan fingerprint density at radius 3 is 2.44 bits per heavy atom. The van der Waals surface area contributed by atoms with E-state index in [1.165, 1.54) is 29.4 Å². The van der Waals surface area contributed by atoms with E-state index in [2.05, 4.69) is 5.32 Å². The predicted molar refractivity (Wildman–Crippen MR) is 102 cm³/mol. The van der Waals surface area contributed by atoms with Crippen molar-refractivity contribution in [1.29, 1.82) is 0 Å². The van der Waals surface area contributed by atoms with E-state index in [1.54, 1.807) is 0 Å². The maximum absolute atomic E-state index is 12.7. The maximum Gasteiger partial charge on any atom is 0.340 e. The molecule has 1 saturated heterocycles. The number of amides is 1. The number of sulfonamides is 1. The topological polar surface area (TPSA) is 92.8 Å². The molecule has 2 rings (SSSR count). The summed E-state index contributed by atoms with van der Waals surface area (Å²) in [5, 5.41) is 2.74. The van der Waals surface area contributed by atoms with E-state index in [4.69, 9.17) is 16.3 Å². The number of ether oxygens (including phenoxy) is 1. The third-order valence-corrected chi connectivity index (χ3v) is 6.42. The molecule has 0 aromatic heterocycles. The van der Waals surface area contributed by atoms with Gasteiger partial charge in [0.1, 0.15) is 0 Å². The Bertz CT molecular complexity index is 804. The van der Waals surface area contributed by atoms with Crippen LogP contribution in [0.25, 0.3) is 0 Å². The third kappa shape index (κ3) is 5.43. The Kier molecular flexibility index (Phi) is 7.25. The summed E-state index contributed by atoms with van der Waals surface area (Å²) >= 11 is 6.06. The molecule has 0 aliphatic carbocycles. The third-order valence-electron chi connectivity index (χ3n) is 4.20. The van der Waals surface area contributed by atoms with Crippen molar-refractivity contribution in [2.24, 2.45) is 5.92 Å². The molecule has 0 unspecified atom stereocenters. The highest BCUT2D eigenvalue weighted by atomic mass is 35.5. The van der Waals surface area contributed by atoms with Gasteiger partial charge in [0.2, 0.25) is 10.0 Å². The normalized spacial score (nSPS) is 16.3. The lowest BCUT2D eigenvalue weighted by Gasteiger charge is -2.17. The summed E-state index contributed by atoms with van der Waals surface area (Å²) in [6.45, 7) is 6.72. The molecule has 9 heteroatoms. The average Bonchev–Trinajstić information content (AvgIpc) is 3.15. The van der Waals surface area contributed by atoms with Crippen molar-refractivity contribution in [3.05, 3.63) is 28.8 Å². The molecule has 0 radical (unpaired) electrons. The van der Waals surface area contributed by atoms with Crippen molar-refractivity contribution >= 4 is 33.5 Å². The lowest BCUT2D eigenvalue weighted by Crippen LogP contribution is -2.37. The van der Waals surface area contributed by atoms with E-state index in [0.717, 1.165) is 12.8 Å². The van der Waals surface area contributed by atoms with Crippen molar-refractivity contribution in [1.82, 2.24) is 9.62 Å². The molecular formula is C18H25ClN2O5S. The molecule has 1 aliphatic rings. The van der Waals surface area contributed by atoms with Crippen LogP contribution in [0.1, 0.15) is 44.0 Å². The summed E-state index contributed by atoms with van der Waals surface area (Å²) in [6, 6.07) is 3.92. The second-order valence-corrected chi connectivity index (χ2v) is 9.28. The minimum atomic E-state index is -3.69. The van der Waals surface area contributed by atoms with Crippen LogP contribution >= 0.6 is 11.6 Å². The van der Waals surface area contributed by atoms with Gasteiger partial charge < -0.3 is 10.1 Å². The monoisotopic (exact) mass is 416 g/mol. The van der Waals surface area contributed by atoms with Crippen LogP contribution in [-0.4, -0.2) is 50.3 Å². The van der Waals surface area contributed by atoms with Gasteiger partial charge in [-0.3, -0.25) is 4.79 Å². The van der Waals surface area contributed by atoms with E-state index in [1.807, 2.05) is 13.8 Å². The summed E-state index contributed by atoms with van der Waals surface area (Å²) in [7, 11) is -3.69. The van der Waals surface area contributed by atoms with Crippen molar-refractivity contribution in [3.63, 3.8) is 0 Å². The lowest BCUT2D eigenvalue weighted by molar-refractivity contribution is -0.129. The fraction of sp³-hybridized carbons (Fsp3) is 0.556. The molecule has 1 aromatic rings. The highest BCUT2D eigenvalue weighted by molar-refractivity contribution is 7.89. The van der Waals surface area contributed by atoms with Gasteiger partial charge in [0, 0.05) is 19.6 Å². The van der Waals surface area contributed by atoms with E-state index in [-0.39, 0.29) is 21.4 Å². The second-order valence-electron chi connectivity index (χ2n) is 6.94. The number of nitrogens with one attached hydrogen (secondary N) is 1. The van der Waals surface area contributed by atoms with Gasteiger partial charge >= 0.3 is 5.97 Å². The molecule has 0 saturated carbocycles. The first-order chi connectivity index (χ1) is 12.6. The predicted octanol–water partition coefficient (Wildman–Crippen LogP) is 2.44. The SMILES string of the molecule is CC(C)CNC(=O)[C@H](C)OC(=O)c1cc(S(=O)(=O)N2CCCC2)ccc1Cl. The smallest absolute Gasteiger partial charge is 0.340 e. The van der Waals surface area contributed by atoms with Crippen molar-refractivity contribution in [3.8, 4) is 0 Å². The van der Waals surface area contributed by atoms with Crippen LogP contribution in [0, 0.1) is 5.92 Å². The largest absolute Gasteiger partial charge is 0.449 e. The number of benzene rings is 1. The van der Waals surface area contributed by atoms with Gasteiger partial charge in [0.15, 0.2) is 6.10 Å². The fourth-order valence-corrected chi connectivity index (χ4v) is 4.36. The van der Waals surface area contributed by atoms with E-state index >= 15 is 0 Å². The van der Waals surface area contributed by atoms with Gasteiger partial charge in [-0.2, -0.15) is 4.31 Å². The van der Waals surface area contributed by atoms with Crippen LogP contribution in [0.4, 0.5) is 0 Å². The van der Waals surface area contributed by atoms with Gasteiger partial charge in [-0.1, -0.05) is 25.4 Å². The molecule has 1 N–H and O–H groups in total. The quantitative estimate of drug-likeness (QED) is 0.689. The zero-order valence-electron chi connectivity index (χ0n) is 15.7. The van der Waals surface area contributed by atoms with Gasteiger partial charge in [-0.05, 0) is 43.9 Å². The molecule has 1 amide bonds. The maximum atomic E-state index is 12.7.